The number of amides is 1. The van der Waals surface area contributed by atoms with Crippen molar-refractivity contribution in [3.05, 3.63) is 59.9 Å². The Kier molecular flexibility index (Phi) is 6.38. The smallest absolute Gasteiger partial charge is 0.422 e. The van der Waals surface area contributed by atoms with Gasteiger partial charge in [0, 0.05) is 56.0 Å². The highest BCUT2D eigenvalue weighted by Crippen LogP contribution is 2.20. The van der Waals surface area contributed by atoms with E-state index in [4.69, 9.17) is 0 Å². The molecule has 154 valence electrons. The van der Waals surface area contributed by atoms with Crippen molar-refractivity contribution >= 4 is 16.8 Å². The molecule has 1 amide bonds. The van der Waals surface area contributed by atoms with E-state index in [0.29, 0.717) is 25.2 Å². The molecule has 2 aromatic heterocycles. The predicted molar refractivity (Wildman–Crippen MR) is 103 cm³/mol. The molecule has 0 aliphatic carbocycles. The third kappa shape index (κ3) is 5.71. The fraction of sp³-hybridized carbons (Fsp3) is 0.300. The Morgan fingerprint density at radius 3 is 2.69 bits per heavy atom. The van der Waals surface area contributed by atoms with E-state index in [1.807, 2.05) is 42.1 Å². The Bertz CT molecular complexity index is 968. The van der Waals surface area contributed by atoms with Gasteiger partial charge in [-0.3, -0.25) is 4.79 Å². The highest BCUT2D eigenvalue weighted by atomic mass is 19.4. The molecule has 3 rings (SSSR count). The van der Waals surface area contributed by atoms with Crippen molar-refractivity contribution in [2.75, 3.05) is 19.7 Å². The van der Waals surface area contributed by atoms with Crippen LogP contribution in [0.3, 0.4) is 0 Å². The van der Waals surface area contributed by atoms with Gasteiger partial charge in [-0.05, 0) is 11.6 Å². The number of aryl methyl sites for hydroxylation is 1. The summed E-state index contributed by atoms with van der Waals surface area (Å²) in [5, 5.41) is 6.92. The second-order valence-electron chi connectivity index (χ2n) is 6.51. The van der Waals surface area contributed by atoms with Crippen molar-refractivity contribution in [3.8, 4) is 5.88 Å². The van der Waals surface area contributed by atoms with Gasteiger partial charge >= 0.3 is 6.18 Å². The first kappa shape index (κ1) is 20.7. The zero-order valence-corrected chi connectivity index (χ0v) is 15.8. The number of benzene rings is 1. The highest BCUT2D eigenvalue weighted by molar-refractivity contribution is 6.06. The van der Waals surface area contributed by atoms with Gasteiger partial charge in [-0.25, -0.2) is 4.98 Å². The lowest BCUT2D eigenvalue weighted by atomic mass is 10.1. The lowest BCUT2D eigenvalue weighted by Gasteiger charge is -2.09. The molecule has 29 heavy (non-hydrogen) atoms. The zero-order valence-electron chi connectivity index (χ0n) is 15.8. The number of carbonyl (C=O) groups excluding carboxylic acids is 1. The number of nitrogens with zero attached hydrogens (tertiary/aromatic N) is 2. The average Bonchev–Trinajstić information content (AvgIpc) is 3.03. The van der Waals surface area contributed by atoms with Crippen molar-refractivity contribution in [1.29, 1.82) is 0 Å². The summed E-state index contributed by atoms with van der Waals surface area (Å²) in [6.45, 7) is 0.0653. The largest absolute Gasteiger partial charge is 0.468 e. The fourth-order valence-corrected chi connectivity index (χ4v) is 2.87. The number of fused-ring (bicyclic) bond motifs is 1. The van der Waals surface area contributed by atoms with Crippen molar-refractivity contribution in [3.63, 3.8) is 0 Å². The number of hydrogen-bond donors (Lipinski definition) is 2. The van der Waals surface area contributed by atoms with Crippen molar-refractivity contribution in [1.82, 2.24) is 20.2 Å². The fourth-order valence-electron chi connectivity index (χ4n) is 2.87. The molecule has 3 aromatic rings. The van der Waals surface area contributed by atoms with Crippen LogP contribution in [0.4, 0.5) is 13.2 Å². The average molecular weight is 406 g/mol. The lowest BCUT2D eigenvalue weighted by molar-refractivity contribution is -0.154. The normalized spacial score (nSPS) is 11.6. The standard InChI is InChI=1S/C20H21F3N4O2/c1-27-12-16(15-4-2-3-5-17(15)27)19(28)25-9-8-24-10-14-6-7-18(26-11-14)29-13-20(21,22)23/h2-7,11-12,24H,8-10,13H2,1H3,(H,25,28). The first-order valence-corrected chi connectivity index (χ1v) is 9.01. The molecule has 9 heteroatoms. The summed E-state index contributed by atoms with van der Waals surface area (Å²) in [5.41, 5.74) is 2.41. The summed E-state index contributed by atoms with van der Waals surface area (Å²) in [7, 11) is 1.90. The Morgan fingerprint density at radius 2 is 1.97 bits per heavy atom. The van der Waals surface area contributed by atoms with Crippen LogP contribution >= 0.6 is 0 Å². The Balaban J connectivity index is 1.41. The maximum absolute atomic E-state index is 12.4. The zero-order chi connectivity index (χ0) is 20.9. The molecule has 0 aliphatic heterocycles. The Labute approximate surface area is 165 Å². The predicted octanol–water partition coefficient (Wildman–Crippen LogP) is 3.03. The van der Waals surface area contributed by atoms with Crippen LogP contribution in [0.25, 0.3) is 10.9 Å². The van der Waals surface area contributed by atoms with Gasteiger partial charge < -0.3 is 19.9 Å². The monoisotopic (exact) mass is 406 g/mol. The van der Waals surface area contributed by atoms with E-state index in [-0.39, 0.29) is 11.8 Å². The van der Waals surface area contributed by atoms with Gasteiger partial charge in [0.2, 0.25) is 5.88 Å². The number of alkyl halides is 3. The quantitative estimate of drug-likeness (QED) is 0.565. The molecule has 2 N–H and O–H groups in total. The van der Waals surface area contributed by atoms with Crippen LogP contribution < -0.4 is 15.4 Å². The third-order valence-corrected chi connectivity index (χ3v) is 4.24. The SMILES string of the molecule is Cn1cc(C(=O)NCCNCc2ccc(OCC(F)(F)F)nc2)c2ccccc21. The summed E-state index contributed by atoms with van der Waals surface area (Å²) in [6.07, 6.45) is -1.13. The molecule has 0 fully saturated rings. The first-order valence-electron chi connectivity index (χ1n) is 9.01. The molecule has 2 heterocycles. The van der Waals surface area contributed by atoms with Crippen LogP contribution in [0.1, 0.15) is 15.9 Å². The number of pyridine rings is 1. The summed E-state index contributed by atoms with van der Waals surface area (Å²) in [5.74, 6) is -0.218. The second-order valence-corrected chi connectivity index (χ2v) is 6.51. The van der Waals surface area contributed by atoms with E-state index < -0.39 is 12.8 Å². The maximum atomic E-state index is 12.4. The molecule has 0 radical (unpaired) electrons. The van der Waals surface area contributed by atoms with Gasteiger partial charge in [-0.15, -0.1) is 0 Å². The van der Waals surface area contributed by atoms with E-state index in [0.717, 1.165) is 16.5 Å². The topological polar surface area (TPSA) is 68.2 Å². The molecule has 1 aromatic carbocycles. The van der Waals surface area contributed by atoms with E-state index in [2.05, 4.69) is 20.4 Å². The minimum absolute atomic E-state index is 0.0755. The van der Waals surface area contributed by atoms with Crippen molar-refractivity contribution < 1.29 is 22.7 Å². The molecule has 0 spiro atoms. The minimum Gasteiger partial charge on any atom is -0.468 e. The van der Waals surface area contributed by atoms with Crippen molar-refractivity contribution in [2.45, 2.75) is 12.7 Å². The number of aromatic nitrogens is 2. The molecule has 0 aliphatic rings. The van der Waals surface area contributed by atoms with Crippen LogP contribution in [-0.2, 0) is 13.6 Å². The van der Waals surface area contributed by atoms with Crippen molar-refractivity contribution in [2.24, 2.45) is 7.05 Å². The number of para-hydroxylation sites is 1. The van der Waals surface area contributed by atoms with Crippen LogP contribution in [0.2, 0.25) is 0 Å². The van der Waals surface area contributed by atoms with Gasteiger partial charge in [-0.1, -0.05) is 24.3 Å². The van der Waals surface area contributed by atoms with E-state index in [1.54, 1.807) is 6.07 Å². The third-order valence-electron chi connectivity index (χ3n) is 4.24. The number of rotatable bonds is 8. The molecular formula is C20H21F3N4O2. The second kappa shape index (κ2) is 8.95. The van der Waals surface area contributed by atoms with Gasteiger partial charge in [0.25, 0.3) is 5.91 Å². The summed E-state index contributed by atoms with van der Waals surface area (Å²) < 4.78 is 42.8. The van der Waals surface area contributed by atoms with Gasteiger partial charge in [0.15, 0.2) is 6.61 Å². The number of ether oxygens (including phenoxy) is 1. The highest BCUT2D eigenvalue weighted by Gasteiger charge is 2.28. The number of nitrogens with one attached hydrogen (secondary N) is 2. The molecule has 0 bridgehead atoms. The van der Waals surface area contributed by atoms with Gasteiger partial charge in [0.1, 0.15) is 0 Å². The maximum Gasteiger partial charge on any atom is 0.422 e. The molecular weight excluding hydrogens is 385 g/mol. The molecule has 0 unspecified atom stereocenters. The molecule has 0 saturated carbocycles. The van der Waals surface area contributed by atoms with Crippen LogP contribution in [0, 0.1) is 0 Å². The van der Waals surface area contributed by atoms with Crippen LogP contribution in [-0.4, -0.2) is 41.3 Å². The van der Waals surface area contributed by atoms with Gasteiger partial charge in [0.05, 0.1) is 5.56 Å². The van der Waals surface area contributed by atoms with Crippen LogP contribution in [0.15, 0.2) is 48.8 Å². The Morgan fingerprint density at radius 1 is 1.17 bits per heavy atom. The Hall–Kier alpha value is -3.07. The number of hydrogen-bond acceptors (Lipinski definition) is 4. The van der Waals surface area contributed by atoms with E-state index in [9.17, 15) is 18.0 Å². The summed E-state index contributed by atoms with van der Waals surface area (Å²) in [6, 6.07) is 10.7. The molecule has 0 atom stereocenters. The molecule has 0 saturated heterocycles. The number of carbonyl (C=O) groups is 1. The lowest BCUT2D eigenvalue weighted by Crippen LogP contribution is -2.31. The first-order chi connectivity index (χ1) is 13.8. The van der Waals surface area contributed by atoms with E-state index >= 15 is 0 Å². The molecule has 6 nitrogen and oxygen atoms in total. The summed E-state index contributed by atoms with van der Waals surface area (Å²) in [4.78, 5) is 16.3. The van der Waals surface area contributed by atoms with Gasteiger partial charge in [-0.2, -0.15) is 13.2 Å². The number of halogens is 3. The van der Waals surface area contributed by atoms with Crippen LogP contribution in [0.5, 0.6) is 5.88 Å². The summed E-state index contributed by atoms with van der Waals surface area (Å²) >= 11 is 0. The van der Waals surface area contributed by atoms with E-state index in [1.165, 1.54) is 12.3 Å². The minimum atomic E-state index is -4.39.